The Balaban J connectivity index is 1.66. The summed E-state index contributed by atoms with van der Waals surface area (Å²) >= 11 is 0. The zero-order valence-electron chi connectivity index (χ0n) is 38.3. The van der Waals surface area contributed by atoms with E-state index >= 15 is 0 Å². The average molecular weight is 831 g/mol. The second-order valence-electron chi connectivity index (χ2n) is 16.5. The topological polar surface area (TPSA) is 72.5 Å². The molecule has 0 aliphatic carbocycles. The van der Waals surface area contributed by atoms with Gasteiger partial charge < -0.3 is 28.4 Å². The van der Waals surface area contributed by atoms with Crippen molar-refractivity contribution >= 4 is 6.29 Å². The Morgan fingerprint density at radius 3 is 0.833 bits per heavy atom. The SMILES string of the molecule is CCCCCCCCOc1cc(COc2cc(C=O)cc(OCc3cc(OCCCCCCCC)cc(OCCCCCCCC)c3)c2)cc(OCCCCCCCC)c1. The summed E-state index contributed by atoms with van der Waals surface area (Å²) in [6.07, 6.45) is 30.0. The third-order valence-electron chi connectivity index (χ3n) is 10.8. The molecular weight excluding hydrogens is 749 g/mol. The largest absolute Gasteiger partial charge is 0.493 e. The molecule has 0 fully saturated rings. The van der Waals surface area contributed by atoms with Gasteiger partial charge in [0.2, 0.25) is 0 Å². The Hall–Kier alpha value is -3.87. The van der Waals surface area contributed by atoms with Crippen molar-refractivity contribution in [2.45, 2.75) is 195 Å². The molecule has 0 saturated heterocycles. The van der Waals surface area contributed by atoms with Gasteiger partial charge in [-0.05, 0) is 73.2 Å². The van der Waals surface area contributed by atoms with Crippen LogP contribution in [0.4, 0.5) is 0 Å². The highest BCUT2D eigenvalue weighted by Gasteiger charge is 2.10. The molecule has 0 heterocycles. The first-order chi connectivity index (χ1) is 29.6. The van der Waals surface area contributed by atoms with Gasteiger partial charge in [-0.3, -0.25) is 4.79 Å². The summed E-state index contributed by atoms with van der Waals surface area (Å²) in [6, 6.07) is 17.5. The van der Waals surface area contributed by atoms with E-state index in [1.807, 2.05) is 42.5 Å². The van der Waals surface area contributed by atoms with E-state index in [1.54, 1.807) is 12.1 Å². The Bertz CT molecular complexity index is 1340. The monoisotopic (exact) mass is 831 g/mol. The van der Waals surface area contributed by atoms with E-state index < -0.39 is 0 Å². The maximum Gasteiger partial charge on any atom is 0.150 e. The molecule has 7 nitrogen and oxygen atoms in total. The lowest BCUT2D eigenvalue weighted by molar-refractivity contribution is 0.112. The lowest BCUT2D eigenvalue weighted by Gasteiger charge is -2.15. The van der Waals surface area contributed by atoms with Gasteiger partial charge in [-0.2, -0.15) is 0 Å². The Kier molecular flexibility index (Phi) is 28.4. The number of benzene rings is 3. The summed E-state index contributed by atoms with van der Waals surface area (Å²) in [5.74, 6) is 4.29. The van der Waals surface area contributed by atoms with Crippen molar-refractivity contribution < 1.29 is 33.2 Å². The number of ether oxygens (including phenoxy) is 6. The number of hydrogen-bond acceptors (Lipinski definition) is 7. The van der Waals surface area contributed by atoms with Crippen molar-refractivity contribution in [3.8, 4) is 34.5 Å². The van der Waals surface area contributed by atoms with Crippen LogP contribution in [0.5, 0.6) is 34.5 Å². The Morgan fingerprint density at radius 1 is 0.317 bits per heavy atom. The third-order valence-corrected chi connectivity index (χ3v) is 10.8. The van der Waals surface area contributed by atoms with Crippen LogP contribution in [-0.4, -0.2) is 32.7 Å². The van der Waals surface area contributed by atoms with Crippen LogP contribution < -0.4 is 28.4 Å². The van der Waals surface area contributed by atoms with Crippen molar-refractivity contribution in [2.75, 3.05) is 26.4 Å². The molecule has 336 valence electrons. The maximum atomic E-state index is 12.1. The molecule has 0 amide bonds. The fourth-order valence-electron chi connectivity index (χ4n) is 7.21. The number of unbranched alkanes of at least 4 members (excludes halogenated alkanes) is 20. The lowest BCUT2D eigenvalue weighted by atomic mass is 10.1. The molecule has 0 saturated carbocycles. The molecule has 3 aromatic carbocycles. The summed E-state index contributed by atoms with van der Waals surface area (Å²) in [4.78, 5) is 12.1. The summed E-state index contributed by atoms with van der Waals surface area (Å²) in [6.45, 7) is 12.3. The molecule has 7 heteroatoms. The van der Waals surface area contributed by atoms with Crippen LogP contribution in [0.1, 0.15) is 203 Å². The number of aldehydes is 1. The molecule has 3 rings (SSSR count). The van der Waals surface area contributed by atoms with Crippen molar-refractivity contribution in [3.63, 3.8) is 0 Å². The number of hydrogen-bond donors (Lipinski definition) is 0. The first-order valence-electron chi connectivity index (χ1n) is 24.2. The zero-order valence-corrected chi connectivity index (χ0v) is 38.3. The molecule has 0 aliphatic heterocycles. The van der Waals surface area contributed by atoms with Crippen molar-refractivity contribution in [3.05, 3.63) is 71.3 Å². The lowest BCUT2D eigenvalue weighted by Crippen LogP contribution is -2.04. The Morgan fingerprint density at radius 2 is 0.567 bits per heavy atom. The van der Waals surface area contributed by atoms with Gasteiger partial charge in [0.1, 0.15) is 54.0 Å². The summed E-state index contributed by atoms with van der Waals surface area (Å²) in [7, 11) is 0. The van der Waals surface area contributed by atoms with Gasteiger partial charge in [0, 0.05) is 23.8 Å². The van der Waals surface area contributed by atoms with Gasteiger partial charge in [-0.25, -0.2) is 0 Å². The van der Waals surface area contributed by atoms with Crippen LogP contribution in [0.15, 0.2) is 54.6 Å². The molecule has 0 unspecified atom stereocenters. The van der Waals surface area contributed by atoms with Crippen LogP contribution in [0, 0.1) is 0 Å². The quantitative estimate of drug-likeness (QED) is 0.0419. The zero-order chi connectivity index (χ0) is 42.7. The van der Waals surface area contributed by atoms with Crippen LogP contribution in [0.25, 0.3) is 0 Å². The van der Waals surface area contributed by atoms with E-state index in [-0.39, 0.29) is 0 Å². The molecule has 0 bridgehead atoms. The van der Waals surface area contributed by atoms with Crippen molar-refractivity contribution in [2.24, 2.45) is 0 Å². The van der Waals surface area contributed by atoms with Crippen LogP contribution in [0.3, 0.4) is 0 Å². The van der Waals surface area contributed by atoms with Crippen LogP contribution in [0.2, 0.25) is 0 Å². The van der Waals surface area contributed by atoms with E-state index in [1.165, 1.54) is 128 Å². The maximum absolute atomic E-state index is 12.1. The molecular formula is C53H82O7. The van der Waals surface area contributed by atoms with Crippen molar-refractivity contribution in [1.29, 1.82) is 0 Å². The predicted octanol–water partition coefficient (Wildman–Crippen LogP) is 15.6. The average Bonchev–Trinajstić information content (AvgIpc) is 3.26. The van der Waals surface area contributed by atoms with E-state index in [2.05, 4.69) is 27.7 Å². The van der Waals surface area contributed by atoms with E-state index in [9.17, 15) is 4.79 Å². The highest BCUT2D eigenvalue weighted by Crippen LogP contribution is 2.29. The molecule has 60 heavy (non-hydrogen) atoms. The standard InChI is InChI=1S/C53H82O7/c1-5-9-13-17-21-25-29-55-48-35-46(36-49(39-48)56-30-26-22-18-14-10-6-2)43-59-52-33-45(42-54)34-53(41-52)60-44-47-37-50(57-31-27-23-19-15-11-7-3)40-51(38-47)58-32-28-24-20-16-12-8-4/h33-42H,5-32,43-44H2,1-4H3. The first-order valence-corrected chi connectivity index (χ1v) is 24.2. The van der Waals surface area contributed by atoms with Crippen LogP contribution >= 0.6 is 0 Å². The van der Waals surface area contributed by atoms with E-state index in [0.717, 1.165) is 66.1 Å². The summed E-state index contributed by atoms with van der Waals surface area (Å²) in [5, 5.41) is 0. The fraction of sp³-hybridized carbons (Fsp3) is 0.642. The van der Waals surface area contributed by atoms with Gasteiger partial charge in [0.15, 0.2) is 0 Å². The minimum absolute atomic E-state index is 0.292. The summed E-state index contributed by atoms with van der Waals surface area (Å²) < 4.78 is 37.6. The van der Waals surface area contributed by atoms with E-state index in [0.29, 0.717) is 56.7 Å². The van der Waals surface area contributed by atoms with Crippen LogP contribution in [-0.2, 0) is 13.2 Å². The van der Waals surface area contributed by atoms with Gasteiger partial charge in [0.05, 0.1) is 26.4 Å². The fourth-order valence-corrected chi connectivity index (χ4v) is 7.21. The van der Waals surface area contributed by atoms with Gasteiger partial charge in [-0.15, -0.1) is 0 Å². The number of rotatable bonds is 39. The van der Waals surface area contributed by atoms with E-state index in [4.69, 9.17) is 28.4 Å². The normalized spacial score (nSPS) is 11.1. The first kappa shape index (κ1) is 50.5. The second-order valence-corrected chi connectivity index (χ2v) is 16.5. The van der Waals surface area contributed by atoms with Gasteiger partial charge >= 0.3 is 0 Å². The molecule has 0 spiro atoms. The van der Waals surface area contributed by atoms with Gasteiger partial charge in [-0.1, -0.05) is 156 Å². The number of carbonyl (C=O) groups is 1. The summed E-state index contributed by atoms with van der Waals surface area (Å²) in [5.41, 5.74) is 2.37. The highest BCUT2D eigenvalue weighted by atomic mass is 16.5. The molecule has 0 aliphatic rings. The second kappa shape index (κ2) is 33.8. The Labute approximate surface area is 365 Å². The molecule has 3 aromatic rings. The predicted molar refractivity (Wildman–Crippen MR) is 249 cm³/mol. The highest BCUT2D eigenvalue weighted by molar-refractivity contribution is 5.76. The van der Waals surface area contributed by atoms with Crippen molar-refractivity contribution in [1.82, 2.24) is 0 Å². The molecule has 0 aromatic heterocycles. The number of carbonyl (C=O) groups excluding carboxylic acids is 1. The smallest absolute Gasteiger partial charge is 0.150 e. The molecule has 0 N–H and O–H groups in total. The third kappa shape index (κ3) is 23.8. The molecule has 0 atom stereocenters. The minimum Gasteiger partial charge on any atom is -0.493 e. The molecule has 0 radical (unpaired) electrons. The minimum atomic E-state index is 0.292. The van der Waals surface area contributed by atoms with Gasteiger partial charge in [0.25, 0.3) is 0 Å².